The van der Waals surface area contributed by atoms with E-state index in [0.717, 1.165) is 32.7 Å². The van der Waals surface area contributed by atoms with Gasteiger partial charge in [0.25, 0.3) is 5.91 Å². The number of carbonyl (C=O) groups is 1. The van der Waals surface area contributed by atoms with Gasteiger partial charge in [-0.25, -0.2) is 9.67 Å². The summed E-state index contributed by atoms with van der Waals surface area (Å²) < 4.78 is 1.86. The predicted molar refractivity (Wildman–Crippen MR) is 93.8 cm³/mol. The lowest BCUT2D eigenvalue weighted by molar-refractivity contribution is 0.0958. The van der Waals surface area contributed by atoms with Gasteiger partial charge in [-0.05, 0) is 43.8 Å². The van der Waals surface area contributed by atoms with Gasteiger partial charge in [0.1, 0.15) is 0 Å². The zero-order valence-corrected chi connectivity index (χ0v) is 14.9. The first kappa shape index (κ1) is 15.9. The van der Waals surface area contributed by atoms with Crippen LogP contribution in [0.25, 0.3) is 5.13 Å². The van der Waals surface area contributed by atoms with E-state index >= 15 is 0 Å². The molecule has 0 unspecified atom stereocenters. The van der Waals surface area contributed by atoms with Gasteiger partial charge in [-0.1, -0.05) is 0 Å². The quantitative estimate of drug-likeness (QED) is 0.771. The summed E-state index contributed by atoms with van der Waals surface area (Å²) in [5, 5.41) is 12.2. The summed E-state index contributed by atoms with van der Waals surface area (Å²) >= 11 is 3.04. The molecule has 0 fully saturated rings. The minimum Gasteiger partial charge on any atom is -0.351 e. The highest BCUT2D eigenvalue weighted by Gasteiger charge is 2.10. The van der Waals surface area contributed by atoms with Crippen LogP contribution in [0.1, 0.15) is 32.3 Å². The average Bonchev–Trinajstić information content (AvgIpc) is 3.19. The van der Waals surface area contributed by atoms with Gasteiger partial charge in [-0.15, -0.1) is 22.7 Å². The van der Waals surface area contributed by atoms with E-state index < -0.39 is 0 Å². The Kier molecular flexibility index (Phi) is 4.58. The molecule has 5 nitrogen and oxygen atoms in total. The number of thiophene rings is 1. The summed E-state index contributed by atoms with van der Waals surface area (Å²) in [5.41, 5.74) is 4.15. The molecular formula is C16H18N4OS2. The van der Waals surface area contributed by atoms with Gasteiger partial charge in [0.2, 0.25) is 5.13 Å². The third-order valence-corrected chi connectivity index (χ3v) is 5.26. The van der Waals surface area contributed by atoms with Crippen molar-refractivity contribution in [2.24, 2.45) is 0 Å². The fourth-order valence-electron chi connectivity index (χ4n) is 2.27. The van der Waals surface area contributed by atoms with E-state index in [4.69, 9.17) is 0 Å². The Morgan fingerprint density at radius 1 is 1.22 bits per heavy atom. The maximum Gasteiger partial charge on any atom is 0.261 e. The van der Waals surface area contributed by atoms with E-state index in [9.17, 15) is 4.79 Å². The van der Waals surface area contributed by atoms with Crippen LogP contribution in [-0.2, 0) is 6.42 Å². The highest BCUT2D eigenvalue weighted by atomic mass is 32.1. The number of amides is 1. The lowest BCUT2D eigenvalue weighted by Gasteiger charge is -2.01. The van der Waals surface area contributed by atoms with Gasteiger partial charge in [-0.2, -0.15) is 5.10 Å². The van der Waals surface area contributed by atoms with Crippen molar-refractivity contribution in [3.63, 3.8) is 0 Å². The van der Waals surface area contributed by atoms with Crippen molar-refractivity contribution in [2.45, 2.75) is 27.2 Å². The van der Waals surface area contributed by atoms with Crippen LogP contribution in [-0.4, -0.2) is 27.2 Å². The number of hydrogen-bond donors (Lipinski definition) is 1. The molecule has 0 aliphatic rings. The van der Waals surface area contributed by atoms with Crippen molar-refractivity contribution in [3.8, 4) is 5.13 Å². The number of nitrogens with one attached hydrogen (secondary N) is 1. The van der Waals surface area contributed by atoms with Gasteiger partial charge in [-0.3, -0.25) is 4.79 Å². The van der Waals surface area contributed by atoms with Crippen LogP contribution in [0.4, 0.5) is 0 Å². The largest absolute Gasteiger partial charge is 0.351 e. The molecule has 0 atom stereocenters. The first-order valence-corrected chi connectivity index (χ1v) is 9.10. The molecule has 3 aromatic rings. The molecule has 0 saturated carbocycles. The number of nitrogens with zero attached hydrogens (tertiary/aromatic N) is 3. The summed E-state index contributed by atoms with van der Waals surface area (Å²) in [5.74, 6) is -0.0166. The molecule has 1 amide bonds. The molecule has 3 aromatic heterocycles. The van der Waals surface area contributed by atoms with Crippen molar-refractivity contribution in [1.82, 2.24) is 20.1 Å². The SMILES string of the molecule is Cc1csc(C(=O)NCCc2csc(-n3nc(C)cc3C)n2)c1. The molecule has 3 heterocycles. The van der Waals surface area contributed by atoms with Gasteiger partial charge in [0, 0.05) is 24.0 Å². The highest BCUT2D eigenvalue weighted by molar-refractivity contribution is 7.12. The Balaban J connectivity index is 1.57. The topological polar surface area (TPSA) is 59.8 Å². The number of aromatic nitrogens is 3. The Hall–Kier alpha value is -1.99. The molecule has 0 aromatic carbocycles. The van der Waals surface area contributed by atoms with Crippen molar-refractivity contribution in [2.75, 3.05) is 6.54 Å². The molecule has 1 N–H and O–H groups in total. The summed E-state index contributed by atoms with van der Waals surface area (Å²) in [4.78, 5) is 17.3. The summed E-state index contributed by atoms with van der Waals surface area (Å²) in [6.45, 7) is 6.56. The molecular weight excluding hydrogens is 328 g/mol. The number of hydrogen-bond acceptors (Lipinski definition) is 5. The van der Waals surface area contributed by atoms with E-state index in [1.54, 1.807) is 11.3 Å². The predicted octanol–water partition coefficient (Wildman–Crippen LogP) is 3.29. The molecule has 23 heavy (non-hydrogen) atoms. The number of thiazole rings is 1. The number of aryl methyl sites for hydroxylation is 3. The molecule has 0 aliphatic heterocycles. The van der Waals surface area contributed by atoms with Gasteiger partial charge >= 0.3 is 0 Å². The first-order chi connectivity index (χ1) is 11.0. The molecule has 7 heteroatoms. The molecule has 0 spiro atoms. The van der Waals surface area contributed by atoms with E-state index in [0.29, 0.717) is 13.0 Å². The van der Waals surface area contributed by atoms with E-state index in [1.807, 2.05) is 48.3 Å². The zero-order chi connectivity index (χ0) is 16.4. The number of carbonyl (C=O) groups excluding carboxylic acids is 1. The van der Waals surface area contributed by atoms with Crippen LogP contribution >= 0.6 is 22.7 Å². The summed E-state index contributed by atoms with van der Waals surface area (Å²) in [6.07, 6.45) is 0.714. The fourth-order valence-corrected chi connectivity index (χ4v) is 3.95. The normalized spacial score (nSPS) is 10.9. The second kappa shape index (κ2) is 6.64. The lowest BCUT2D eigenvalue weighted by atomic mass is 10.3. The zero-order valence-electron chi connectivity index (χ0n) is 13.3. The molecule has 0 radical (unpaired) electrons. The van der Waals surface area contributed by atoms with Crippen LogP contribution in [0.2, 0.25) is 0 Å². The van der Waals surface area contributed by atoms with Crippen LogP contribution in [0.5, 0.6) is 0 Å². The average molecular weight is 346 g/mol. The minimum atomic E-state index is -0.0166. The fraction of sp³-hybridized carbons (Fsp3) is 0.312. The summed E-state index contributed by atoms with van der Waals surface area (Å²) in [7, 11) is 0. The Morgan fingerprint density at radius 2 is 2.04 bits per heavy atom. The van der Waals surface area contributed by atoms with Crippen LogP contribution < -0.4 is 5.32 Å². The van der Waals surface area contributed by atoms with Crippen molar-refractivity contribution in [3.05, 3.63) is 50.4 Å². The minimum absolute atomic E-state index is 0.0166. The second-order valence-electron chi connectivity index (χ2n) is 5.45. The molecule has 0 bridgehead atoms. The van der Waals surface area contributed by atoms with Gasteiger partial charge in [0.15, 0.2) is 0 Å². The molecule has 0 aliphatic carbocycles. The number of rotatable bonds is 5. The van der Waals surface area contributed by atoms with Crippen LogP contribution in [0, 0.1) is 20.8 Å². The first-order valence-electron chi connectivity index (χ1n) is 7.34. The highest BCUT2D eigenvalue weighted by Crippen LogP contribution is 2.17. The Morgan fingerprint density at radius 3 is 2.70 bits per heavy atom. The lowest BCUT2D eigenvalue weighted by Crippen LogP contribution is -2.24. The Labute approximate surface area is 143 Å². The third-order valence-electron chi connectivity index (χ3n) is 3.35. The maximum atomic E-state index is 12.0. The Bertz CT molecular complexity index is 831. The van der Waals surface area contributed by atoms with Crippen molar-refractivity contribution >= 4 is 28.6 Å². The standard InChI is InChI=1S/C16H18N4OS2/c1-10-6-14(22-8-10)15(21)17-5-4-13-9-23-16(18-13)20-12(3)7-11(2)19-20/h6-9H,4-5H2,1-3H3,(H,17,21). The van der Waals surface area contributed by atoms with Crippen molar-refractivity contribution in [1.29, 1.82) is 0 Å². The monoisotopic (exact) mass is 346 g/mol. The van der Waals surface area contributed by atoms with E-state index in [2.05, 4.69) is 15.4 Å². The second-order valence-corrected chi connectivity index (χ2v) is 7.20. The maximum absolute atomic E-state index is 12.0. The molecule has 3 rings (SSSR count). The van der Waals surface area contributed by atoms with Gasteiger partial charge < -0.3 is 5.32 Å². The summed E-state index contributed by atoms with van der Waals surface area (Å²) in [6, 6.07) is 3.94. The van der Waals surface area contributed by atoms with Crippen molar-refractivity contribution < 1.29 is 4.79 Å². The van der Waals surface area contributed by atoms with Gasteiger partial charge in [0.05, 0.1) is 16.3 Å². The van der Waals surface area contributed by atoms with Crippen LogP contribution in [0.15, 0.2) is 22.9 Å². The van der Waals surface area contributed by atoms with E-state index in [-0.39, 0.29) is 5.91 Å². The smallest absolute Gasteiger partial charge is 0.261 e. The van der Waals surface area contributed by atoms with Crippen LogP contribution in [0.3, 0.4) is 0 Å². The molecule has 0 saturated heterocycles. The molecule has 120 valence electrons. The van der Waals surface area contributed by atoms with E-state index in [1.165, 1.54) is 11.3 Å². The third kappa shape index (κ3) is 3.68.